The standard InChI is InChI=1S/C25H23N5O2/c31-23(14-19-15-26-22-9-5-4-8-21(19)22)29-10-12-30(13-11-29)25(32)20-16-27-24(28-17-20)18-6-2-1-3-7-18/h1-9,15-17,26H,10-14H2. The van der Waals surface area contributed by atoms with Crippen LogP contribution < -0.4 is 0 Å². The van der Waals surface area contributed by atoms with Gasteiger partial charge in [-0.05, 0) is 11.6 Å². The van der Waals surface area contributed by atoms with Crippen LogP contribution in [0.25, 0.3) is 22.3 Å². The highest BCUT2D eigenvalue weighted by molar-refractivity contribution is 5.94. The summed E-state index contributed by atoms with van der Waals surface area (Å²) in [7, 11) is 0. The molecule has 0 bridgehead atoms. The first kappa shape index (κ1) is 19.9. The number of hydrogen-bond donors (Lipinski definition) is 1. The third-order valence-electron chi connectivity index (χ3n) is 5.87. The summed E-state index contributed by atoms with van der Waals surface area (Å²) in [6.07, 6.45) is 5.41. The molecule has 0 radical (unpaired) electrons. The molecule has 1 N–H and O–H groups in total. The minimum Gasteiger partial charge on any atom is -0.361 e. The van der Waals surface area contributed by atoms with Gasteiger partial charge in [0.05, 0.1) is 12.0 Å². The number of nitrogens with zero attached hydrogens (tertiary/aromatic N) is 4. The fourth-order valence-electron chi connectivity index (χ4n) is 4.07. The quantitative estimate of drug-likeness (QED) is 0.545. The van der Waals surface area contributed by atoms with Gasteiger partial charge in [0, 0.05) is 61.2 Å². The number of piperazine rings is 1. The zero-order valence-corrected chi connectivity index (χ0v) is 17.6. The molecule has 2 aromatic carbocycles. The minimum absolute atomic E-state index is 0.0809. The van der Waals surface area contributed by atoms with Crippen LogP contribution in [-0.4, -0.2) is 62.7 Å². The van der Waals surface area contributed by atoms with Crippen LogP contribution in [0.4, 0.5) is 0 Å². The van der Waals surface area contributed by atoms with Crippen molar-refractivity contribution in [1.29, 1.82) is 0 Å². The largest absolute Gasteiger partial charge is 0.361 e. The first-order chi connectivity index (χ1) is 15.7. The molecule has 0 atom stereocenters. The van der Waals surface area contributed by atoms with E-state index in [9.17, 15) is 9.59 Å². The highest BCUT2D eigenvalue weighted by Crippen LogP contribution is 2.19. The van der Waals surface area contributed by atoms with E-state index in [-0.39, 0.29) is 11.8 Å². The van der Waals surface area contributed by atoms with Gasteiger partial charge in [-0.1, -0.05) is 48.5 Å². The summed E-state index contributed by atoms with van der Waals surface area (Å²) in [6, 6.07) is 17.6. The third-order valence-corrected chi connectivity index (χ3v) is 5.87. The average Bonchev–Trinajstić information content (AvgIpc) is 3.27. The molecule has 1 aliphatic heterocycles. The first-order valence-corrected chi connectivity index (χ1v) is 10.7. The molecular formula is C25H23N5O2. The fraction of sp³-hybridized carbons (Fsp3) is 0.200. The second-order valence-corrected chi connectivity index (χ2v) is 7.87. The summed E-state index contributed by atoms with van der Waals surface area (Å²) in [6.45, 7) is 2.05. The van der Waals surface area contributed by atoms with Gasteiger partial charge in [0.2, 0.25) is 5.91 Å². The predicted octanol–water partition coefficient (Wildman–Crippen LogP) is 3.15. The molecule has 7 nitrogen and oxygen atoms in total. The van der Waals surface area contributed by atoms with E-state index in [4.69, 9.17) is 0 Å². The van der Waals surface area contributed by atoms with E-state index in [0.29, 0.717) is 44.0 Å². The number of aromatic nitrogens is 3. The molecule has 7 heteroatoms. The molecule has 1 fully saturated rings. The molecule has 2 amide bonds. The number of hydrogen-bond acceptors (Lipinski definition) is 4. The number of nitrogens with one attached hydrogen (secondary N) is 1. The van der Waals surface area contributed by atoms with Gasteiger partial charge in [-0.25, -0.2) is 9.97 Å². The third kappa shape index (κ3) is 3.97. The molecule has 5 rings (SSSR count). The molecule has 32 heavy (non-hydrogen) atoms. The molecule has 2 aromatic heterocycles. The number of H-pyrrole nitrogens is 1. The van der Waals surface area contributed by atoms with Gasteiger partial charge < -0.3 is 14.8 Å². The van der Waals surface area contributed by atoms with Gasteiger partial charge in [-0.15, -0.1) is 0 Å². The van der Waals surface area contributed by atoms with Crippen molar-refractivity contribution < 1.29 is 9.59 Å². The Balaban J connectivity index is 1.19. The maximum Gasteiger partial charge on any atom is 0.257 e. The van der Waals surface area contributed by atoms with Crippen molar-refractivity contribution in [2.45, 2.75) is 6.42 Å². The Hall–Kier alpha value is -4.00. The Morgan fingerprint density at radius 3 is 2.25 bits per heavy atom. The number of carbonyl (C=O) groups excluding carboxylic acids is 2. The Labute approximate surface area is 185 Å². The number of amides is 2. The van der Waals surface area contributed by atoms with Crippen molar-refractivity contribution >= 4 is 22.7 Å². The van der Waals surface area contributed by atoms with E-state index in [1.807, 2.05) is 65.7 Å². The Bertz CT molecular complexity index is 1240. The van der Waals surface area contributed by atoms with Gasteiger partial charge in [0.1, 0.15) is 0 Å². The van der Waals surface area contributed by atoms with Crippen LogP contribution in [-0.2, 0) is 11.2 Å². The SMILES string of the molecule is O=C(Cc1c[nH]c2ccccc12)N1CCN(C(=O)c2cnc(-c3ccccc3)nc2)CC1. The average molecular weight is 425 g/mol. The zero-order valence-electron chi connectivity index (χ0n) is 17.6. The van der Waals surface area contributed by atoms with Gasteiger partial charge in [0.25, 0.3) is 5.91 Å². The summed E-state index contributed by atoms with van der Waals surface area (Å²) in [5.41, 5.74) is 3.41. The molecular weight excluding hydrogens is 402 g/mol. The van der Waals surface area contributed by atoms with Crippen LogP contribution in [0.5, 0.6) is 0 Å². The van der Waals surface area contributed by atoms with Crippen molar-refractivity contribution in [3.05, 3.63) is 84.3 Å². The normalized spacial score (nSPS) is 14.0. The lowest BCUT2D eigenvalue weighted by molar-refractivity contribution is -0.131. The van der Waals surface area contributed by atoms with Gasteiger partial charge in [-0.2, -0.15) is 0 Å². The lowest BCUT2D eigenvalue weighted by Gasteiger charge is -2.34. The molecule has 0 aliphatic carbocycles. The highest BCUT2D eigenvalue weighted by atomic mass is 16.2. The van der Waals surface area contributed by atoms with Crippen LogP contribution in [0.2, 0.25) is 0 Å². The fourth-order valence-corrected chi connectivity index (χ4v) is 4.07. The molecule has 0 unspecified atom stereocenters. The van der Waals surface area contributed by atoms with Gasteiger partial charge in [-0.3, -0.25) is 9.59 Å². The first-order valence-electron chi connectivity index (χ1n) is 10.7. The molecule has 0 spiro atoms. The van der Waals surface area contributed by atoms with E-state index < -0.39 is 0 Å². The van der Waals surface area contributed by atoms with E-state index in [1.54, 1.807) is 17.3 Å². The summed E-state index contributed by atoms with van der Waals surface area (Å²) >= 11 is 0. The van der Waals surface area contributed by atoms with E-state index in [2.05, 4.69) is 15.0 Å². The van der Waals surface area contributed by atoms with E-state index in [0.717, 1.165) is 22.0 Å². The predicted molar refractivity (Wildman–Crippen MR) is 122 cm³/mol. The number of aromatic amines is 1. The topological polar surface area (TPSA) is 82.2 Å². The van der Waals surface area contributed by atoms with E-state index >= 15 is 0 Å². The Morgan fingerprint density at radius 2 is 1.50 bits per heavy atom. The summed E-state index contributed by atoms with van der Waals surface area (Å²) in [4.78, 5) is 41.2. The summed E-state index contributed by atoms with van der Waals surface area (Å²) in [5, 5.41) is 1.08. The number of benzene rings is 2. The van der Waals surface area contributed by atoms with Crippen LogP contribution in [0.1, 0.15) is 15.9 Å². The molecule has 3 heterocycles. The second-order valence-electron chi connectivity index (χ2n) is 7.87. The van der Waals surface area contributed by atoms with E-state index in [1.165, 1.54) is 0 Å². The van der Waals surface area contributed by atoms with Gasteiger partial charge >= 0.3 is 0 Å². The van der Waals surface area contributed by atoms with Crippen molar-refractivity contribution in [2.24, 2.45) is 0 Å². The summed E-state index contributed by atoms with van der Waals surface area (Å²) in [5.74, 6) is 0.570. The van der Waals surface area contributed by atoms with Crippen LogP contribution in [0.15, 0.2) is 73.2 Å². The second kappa shape index (κ2) is 8.63. The van der Waals surface area contributed by atoms with Crippen molar-refractivity contribution in [1.82, 2.24) is 24.8 Å². The maximum atomic E-state index is 12.9. The molecule has 0 saturated carbocycles. The zero-order chi connectivity index (χ0) is 21.9. The van der Waals surface area contributed by atoms with Crippen LogP contribution in [0, 0.1) is 0 Å². The monoisotopic (exact) mass is 425 g/mol. The maximum absolute atomic E-state index is 12.9. The number of rotatable bonds is 4. The van der Waals surface area contributed by atoms with Crippen molar-refractivity contribution in [2.75, 3.05) is 26.2 Å². The Kier molecular flexibility index (Phi) is 5.37. The number of para-hydroxylation sites is 1. The molecule has 1 saturated heterocycles. The smallest absolute Gasteiger partial charge is 0.257 e. The van der Waals surface area contributed by atoms with Crippen molar-refractivity contribution in [3.8, 4) is 11.4 Å². The molecule has 1 aliphatic rings. The number of fused-ring (bicyclic) bond motifs is 1. The number of carbonyl (C=O) groups is 2. The summed E-state index contributed by atoms with van der Waals surface area (Å²) < 4.78 is 0. The van der Waals surface area contributed by atoms with Gasteiger partial charge in [0.15, 0.2) is 5.82 Å². The highest BCUT2D eigenvalue weighted by Gasteiger charge is 2.25. The van der Waals surface area contributed by atoms with Crippen LogP contribution in [0.3, 0.4) is 0 Å². The van der Waals surface area contributed by atoms with Crippen molar-refractivity contribution in [3.63, 3.8) is 0 Å². The Morgan fingerprint density at radius 1 is 0.844 bits per heavy atom. The molecule has 160 valence electrons. The lowest BCUT2D eigenvalue weighted by Crippen LogP contribution is -2.51. The lowest BCUT2D eigenvalue weighted by atomic mass is 10.1. The minimum atomic E-state index is -0.103. The molecule has 4 aromatic rings. The van der Waals surface area contributed by atoms with Crippen LogP contribution >= 0.6 is 0 Å².